The van der Waals surface area contributed by atoms with Gasteiger partial charge in [-0.15, -0.1) is 11.3 Å². The SMILES string of the molecule is CCN(Cc1cccs1)C(=O)/C=C/c1ccc(OC)c(S(=O)(=O)N2CCCCC2)c1. The molecule has 6 nitrogen and oxygen atoms in total. The van der Waals surface area contributed by atoms with Crippen molar-refractivity contribution < 1.29 is 17.9 Å². The molecule has 3 rings (SSSR count). The fourth-order valence-corrected chi connectivity index (χ4v) is 5.88. The summed E-state index contributed by atoms with van der Waals surface area (Å²) in [4.78, 5) is 15.6. The van der Waals surface area contributed by atoms with Gasteiger partial charge in [0.15, 0.2) is 0 Å². The lowest BCUT2D eigenvalue weighted by atomic mass is 10.2. The van der Waals surface area contributed by atoms with Gasteiger partial charge in [-0.3, -0.25) is 4.79 Å². The lowest BCUT2D eigenvalue weighted by Gasteiger charge is -2.26. The topological polar surface area (TPSA) is 66.9 Å². The molecular weight excluding hydrogens is 420 g/mol. The van der Waals surface area contributed by atoms with Crippen molar-refractivity contribution in [3.8, 4) is 5.75 Å². The molecule has 2 heterocycles. The molecule has 30 heavy (non-hydrogen) atoms. The summed E-state index contributed by atoms with van der Waals surface area (Å²) < 4.78 is 33.1. The second kappa shape index (κ2) is 10.2. The number of benzene rings is 1. The molecular formula is C22H28N2O4S2. The van der Waals surface area contributed by atoms with Crippen molar-refractivity contribution in [1.29, 1.82) is 0 Å². The second-order valence-corrected chi connectivity index (χ2v) is 10.1. The lowest BCUT2D eigenvalue weighted by Crippen LogP contribution is -2.35. The van der Waals surface area contributed by atoms with E-state index in [4.69, 9.17) is 4.74 Å². The molecule has 1 fully saturated rings. The summed E-state index contributed by atoms with van der Waals surface area (Å²) in [5.74, 6) is 0.207. The van der Waals surface area contributed by atoms with E-state index in [1.165, 1.54) is 17.5 Å². The first-order valence-electron chi connectivity index (χ1n) is 10.1. The number of ether oxygens (including phenoxy) is 1. The quantitative estimate of drug-likeness (QED) is 0.573. The van der Waals surface area contributed by atoms with Crippen LogP contribution in [-0.4, -0.2) is 50.3 Å². The minimum absolute atomic E-state index is 0.109. The van der Waals surface area contributed by atoms with Gasteiger partial charge < -0.3 is 9.64 Å². The molecule has 2 aromatic rings. The Morgan fingerprint density at radius 2 is 2.00 bits per heavy atom. The molecule has 1 saturated heterocycles. The molecule has 0 atom stereocenters. The summed E-state index contributed by atoms with van der Waals surface area (Å²) in [6, 6.07) is 8.96. The van der Waals surface area contributed by atoms with E-state index in [9.17, 15) is 13.2 Å². The maximum Gasteiger partial charge on any atom is 0.246 e. The van der Waals surface area contributed by atoms with Gasteiger partial charge in [0.1, 0.15) is 10.6 Å². The van der Waals surface area contributed by atoms with Crippen LogP contribution >= 0.6 is 11.3 Å². The highest BCUT2D eigenvalue weighted by Gasteiger charge is 2.29. The Morgan fingerprint density at radius 1 is 1.23 bits per heavy atom. The van der Waals surface area contributed by atoms with Crippen molar-refractivity contribution in [2.24, 2.45) is 0 Å². The van der Waals surface area contributed by atoms with Crippen molar-refractivity contribution in [2.45, 2.75) is 37.6 Å². The molecule has 8 heteroatoms. The van der Waals surface area contributed by atoms with Gasteiger partial charge in [-0.25, -0.2) is 8.42 Å². The Hall–Kier alpha value is -2.16. The zero-order chi connectivity index (χ0) is 21.6. The van der Waals surface area contributed by atoms with Crippen LogP contribution in [0.1, 0.15) is 36.6 Å². The van der Waals surface area contributed by atoms with Gasteiger partial charge in [0.25, 0.3) is 0 Å². The van der Waals surface area contributed by atoms with Crippen molar-refractivity contribution in [1.82, 2.24) is 9.21 Å². The van der Waals surface area contributed by atoms with Gasteiger partial charge in [0, 0.05) is 30.6 Å². The Balaban J connectivity index is 1.81. The summed E-state index contributed by atoms with van der Waals surface area (Å²) in [7, 11) is -2.18. The number of hydrogen-bond donors (Lipinski definition) is 0. The van der Waals surface area contributed by atoms with E-state index in [1.54, 1.807) is 40.5 Å². The molecule has 0 unspecified atom stereocenters. The maximum absolute atomic E-state index is 13.1. The van der Waals surface area contributed by atoms with E-state index in [2.05, 4.69) is 0 Å². The number of sulfonamides is 1. The summed E-state index contributed by atoms with van der Waals surface area (Å²) >= 11 is 1.62. The third-order valence-corrected chi connectivity index (χ3v) is 7.94. The molecule has 0 spiro atoms. The van der Waals surface area contributed by atoms with Crippen LogP contribution in [0.2, 0.25) is 0 Å². The molecule has 0 bridgehead atoms. The Kier molecular flexibility index (Phi) is 7.69. The van der Waals surface area contributed by atoms with Gasteiger partial charge in [0.2, 0.25) is 15.9 Å². The van der Waals surface area contributed by atoms with E-state index < -0.39 is 10.0 Å². The molecule has 1 aromatic carbocycles. The Labute approximate surface area is 182 Å². The number of hydrogen-bond acceptors (Lipinski definition) is 5. The fourth-order valence-electron chi connectivity index (χ4n) is 3.45. The number of piperidine rings is 1. The normalized spacial score (nSPS) is 15.4. The van der Waals surface area contributed by atoms with Crippen LogP contribution in [0.25, 0.3) is 6.08 Å². The van der Waals surface area contributed by atoms with Crippen LogP contribution in [0.15, 0.2) is 46.7 Å². The number of likely N-dealkylation sites (N-methyl/N-ethyl adjacent to an activating group) is 1. The largest absolute Gasteiger partial charge is 0.495 e. The average molecular weight is 449 g/mol. The number of carbonyl (C=O) groups is 1. The Bertz CT molecular complexity index is 979. The third kappa shape index (κ3) is 5.30. The first kappa shape index (κ1) is 22.5. The number of rotatable bonds is 8. The minimum atomic E-state index is -3.64. The van der Waals surface area contributed by atoms with Crippen molar-refractivity contribution >= 4 is 33.3 Å². The molecule has 1 aliphatic heterocycles. The van der Waals surface area contributed by atoms with Crippen LogP contribution in [0.5, 0.6) is 5.75 Å². The highest BCUT2D eigenvalue weighted by atomic mass is 32.2. The molecule has 1 amide bonds. The second-order valence-electron chi connectivity index (χ2n) is 7.14. The van der Waals surface area contributed by atoms with Crippen LogP contribution in [0.3, 0.4) is 0 Å². The number of methoxy groups -OCH3 is 1. The van der Waals surface area contributed by atoms with Crippen molar-refractivity contribution in [3.05, 3.63) is 52.2 Å². The van der Waals surface area contributed by atoms with Gasteiger partial charge in [-0.1, -0.05) is 18.6 Å². The van der Waals surface area contributed by atoms with E-state index in [-0.39, 0.29) is 10.8 Å². The smallest absolute Gasteiger partial charge is 0.246 e. The first-order chi connectivity index (χ1) is 14.5. The average Bonchev–Trinajstić information content (AvgIpc) is 3.29. The molecule has 0 aliphatic carbocycles. The molecule has 162 valence electrons. The minimum Gasteiger partial charge on any atom is -0.495 e. The molecule has 0 N–H and O–H groups in total. The van der Waals surface area contributed by atoms with Crippen LogP contribution in [0, 0.1) is 0 Å². The summed E-state index contributed by atoms with van der Waals surface area (Å²) in [5.41, 5.74) is 0.645. The van der Waals surface area contributed by atoms with Crippen LogP contribution in [0.4, 0.5) is 0 Å². The standard InChI is InChI=1S/C22H28N2O4S2/c1-3-23(17-19-8-7-15-29-19)22(25)12-10-18-9-11-20(28-2)21(16-18)30(26,27)24-13-5-4-6-14-24/h7-12,15-16H,3-6,13-14,17H2,1-2H3/b12-10+. The lowest BCUT2D eigenvalue weighted by molar-refractivity contribution is -0.126. The molecule has 0 saturated carbocycles. The summed E-state index contributed by atoms with van der Waals surface area (Å²) in [5, 5.41) is 1.99. The van der Waals surface area contributed by atoms with Crippen molar-refractivity contribution in [2.75, 3.05) is 26.7 Å². The third-order valence-electron chi connectivity index (χ3n) is 5.16. The number of carbonyl (C=O) groups excluding carboxylic acids is 1. The number of amides is 1. The van der Waals surface area contributed by atoms with E-state index in [0.717, 1.165) is 24.1 Å². The first-order valence-corrected chi connectivity index (χ1v) is 12.4. The zero-order valence-corrected chi connectivity index (χ0v) is 19.0. The molecule has 1 aromatic heterocycles. The monoisotopic (exact) mass is 448 g/mol. The predicted molar refractivity (Wildman–Crippen MR) is 120 cm³/mol. The highest BCUT2D eigenvalue weighted by Crippen LogP contribution is 2.30. The van der Waals surface area contributed by atoms with Gasteiger partial charge in [-0.05, 0) is 55.0 Å². The Morgan fingerprint density at radius 3 is 2.63 bits per heavy atom. The summed E-state index contributed by atoms with van der Waals surface area (Å²) in [6.45, 7) is 4.15. The zero-order valence-electron chi connectivity index (χ0n) is 17.4. The maximum atomic E-state index is 13.1. The number of nitrogens with zero attached hydrogens (tertiary/aromatic N) is 2. The summed E-state index contributed by atoms with van der Waals surface area (Å²) in [6.07, 6.45) is 5.94. The highest BCUT2D eigenvalue weighted by molar-refractivity contribution is 7.89. The predicted octanol–water partition coefficient (Wildman–Crippen LogP) is 3.99. The molecule has 0 radical (unpaired) electrons. The van der Waals surface area contributed by atoms with Gasteiger partial charge in [0.05, 0.1) is 13.7 Å². The van der Waals surface area contributed by atoms with Crippen molar-refractivity contribution in [3.63, 3.8) is 0 Å². The van der Waals surface area contributed by atoms with E-state index >= 15 is 0 Å². The fraction of sp³-hybridized carbons (Fsp3) is 0.409. The van der Waals surface area contributed by atoms with Gasteiger partial charge >= 0.3 is 0 Å². The molecule has 1 aliphatic rings. The van der Waals surface area contributed by atoms with E-state index in [1.807, 2.05) is 24.4 Å². The van der Waals surface area contributed by atoms with Gasteiger partial charge in [-0.2, -0.15) is 4.31 Å². The van der Waals surface area contributed by atoms with Crippen LogP contribution < -0.4 is 4.74 Å². The number of thiophene rings is 1. The van der Waals surface area contributed by atoms with Crippen LogP contribution in [-0.2, 0) is 21.4 Å². The van der Waals surface area contributed by atoms with E-state index in [0.29, 0.717) is 37.5 Å².